The average molecular weight is 690 g/mol. The zero-order chi connectivity index (χ0) is 35.9. The Hall–Kier alpha value is -6.18. The van der Waals surface area contributed by atoms with Crippen molar-refractivity contribution < 1.29 is 23.9 Å². The number of hydrogen-bond donors (Lipinski definition) is 4. The maximum absolute atomic E-state index is 14.0. The molecule has 0 fully saturated rings. The van der Waals surface area contributed by atoms with E-state index in [1.807, 2.05) is 44.2 Å². The largest absolute Gasteiger partial charge is 0.492 e. The third-order valence-electron chi connectivity index (χ3n) is 8.43. The van der Waals surface area contributed by atoms with E-state index in [-0.39, 0.29) is 37.9 Å². The zero-order valence-electron chi connectivity index (χ0n) is 28.5. The van der Waals surface area contributed by atoms with Crippen LogP contribution in [0.4, 0.5) is 0 Å². The fourth-order valence-corrected chi connectivity index (χ4v) is 5.72. The quantitative estimate of drug-likeness (QED) is 0.221. The number of hydrogen-bond acceptors (Lipinski definition) is 9. The number of carbonyl (C=O) groups excluding carboxylic acids is 4. The van der Waals surface area contributed by atoms with Crippen LogP contribution in [0, 0.1) is 5.92 Å². The molecule has 0 unspecified atom stereocenters. The minimum Gasteiger partial charge on any atom is -0.492 e. The number of nitrogens with zero attached hydrogens (tertiary/aromatic N) is 5. The highest BCUT2D eigenvalue weighted by Gasteiger charge is 2.31. The Labute approximate surface area is 294 Å². The van der Waals surface area contributed by atoms with Crippen LogP contribution in [0.15, 0.2) is 85.2 Å². The molecule has 262 valence electrons. The third kappa shape index (κ3) is 8.52. The second kappa shape index (κ2) is 15.6. The molecule has 2 aliphatic rings. The first-order valence-electron chi connectivity index (χ1n) is 16.8. The molecule has 2 bridgehead atoms. The molecule has 14 nitrogen and oxygen atoms in total. The normalized spacial score (nSPS) is 19.0. The summed E-state index contributed by atoms with van der Waals surface area (Å²) in [5, 5.41) is 16.1. The number of carbonyl (C=O) groups is 4. The Balaban J connectivity index is 1.29. The van der Waals surface area contributed by atoms with Crippen LogP contribution in [-0.4, -0.2) is 73.6 Å². The standard InChI is InChI=1S/C37H39N9O5/c1-22(2)32-37(50)41-23(3)34-44-33(25-7-5-4-6-8-25)45-46(34)21-31(47)40-17-18-51-27-12-9-24(10-13-27)19-30(36(49)43-32)42-35(48)26-11-14-28-29(20-26)39-16-15-38-28/h4-16,20,22-23,30,32H,17-19,21H2,1-3H3,(H,40,47)(H,41,50)(H,42,48)(H,43,49)/t23-,30-,32+/m0/s1. The summed E-state index contributed by atoms with van der Waals surface area (Å²) in [6.07, 6.45) is 3.25. The number of aromatic nitrogens is 5. The minimum atomic E-state index is -1.04. The van der Waals surface area contributed by atoms with Crippen LogP contribution < -0.4 is 26.0 Å². The van der Waals surface area contributed by atoms with Crippen LogP contribution in [0.25, 0.3) is 22.4 Å². The van der Waals surface area contributed by atoms with Crippen LogP contribution in [0.2, 0.25) is 0 Å². The fourth-order valence-electron chi connectivity index (χ4n) is 5.72. The fraction of sp³-hybridized carbons (Fsp3) is 0.297. The van der Waals surface area contributed by atoms with Gasteiger partial charge in [0.2, 0.25) is 17.7 Å². The molecule has 2 aliphatic heterocycles. The van der Waals surface area contributed by atoms with Crippen molar-refractivity contribution in [1.29, 1.82) is 0 Å². The highest BCUT2D eigenvalue weighted by atomic mass is 16.5. The molecular weight excluding hydrogens is 650 g/mol. The molecule has 3 aromatic carbocycles. The Bertz CT molecular complexity index is 2030. The molecule has 5 aromatic rings. The van der Waals surface area contributed by atoms with Gasteiger partial charge in [-0.1, -0.05) is 56.3 Å². The summed E-state index contributed by atoms with van der Waals surface area (Å²) in [7, 11) is 0. The van der Waals surface area contributed by atoms with Crippen LogP contribution in [0.1, 0.15) is 48.6 Å². The van der Waals surface area contributed by atoms with E-state index in [4.69, 9.17) is 9.72 Å². The van der Waals surface area contributed by atoms with Crippen LogP contribution in [0.3, 0.4) is 0 Å². The predicted molar refractivity (Wildman–Crippen MR) is 188 cm³/mol. The Kier molecular flexibility index (Phi) is 10.6. The smallest absolute Gasteiger partial charge is 0.252 e. The molecule has 7 rings (SSSR count). The second-order valence-electron chi connectivity index (χ2n) is 12.6. The molecule has 3 atom stereocenters. The van der Waals surface area contributed by atoms with E-state index < -0.39 is 35.8 Å². The van der Waals surface area contributed by atoms with Crippen molar-refractivity contribution in [2.45, 2.75) is 51.9 Å². The van der Waals surface area contributed by atoms with Gasteiger partial charge in [0.1, 0.15) is 36.8 Å². The van der Waals surface area contributed by atoms with Gasteiger partial charge in [-0.05, 0) is 48.7 Å². The molecule has 14 heteroatoms. The molecule has 0 spiro atoms. The number of fused-ring (bicyclic) bond motifs is 15. The van der Waals surface area contributed by atoms with Gasteiger partial charge in [-0.3, -0.25) is 29.1 Å². The number of ether oxygens (including phenoxy) is 1. The van der Waals surface area contributed by atoms with Crippen LogP contribution in [-0.2, 0) is 27.3 Å². The van der Waals surface area contributed by atoms with E-state index in [2.05, 4.69) is 36.3 Å². The Morgan fingerprint density at radius 2 is 1.67 bits per heavy atom. The SMILES string of the molecule is CC(C)[C@H]1NC(=O)[C@@H](NC(=O)c2ccc3nccnc3c2)Cc2ccc(cc2)OCCNC(=O)Cn2nc(-c3ccccc3)nc2[C@H](C)NC1=O. The topological polar surface area (TPSA) is 182 Å². The van der Waals surface area contributed by atoms with E-state index in [0.717, 1.165) is 11.1 Å². The van der Waals surface area contributed by atoms with Gasteiger partial charge in [0.05, 0.1) is 23.6 Å². The minimum absolute atomic E-state index is 0.134. The van der Waals surface area contributed by atoms with Crippen LogP contribution >= 0.6 is 0 Å². The Morgan fingerprint density at radius 3 is 2.41 bits per heavy atom. The van der Waals surface area contributed by atoms with E-state index in [9.17, 15) is 19.2 Å². The highest BCUT2D eigenvalue weighted by Crippen LogP contribution is 2.20. The van der Waals surface area contributed by atoms with E-state index in [0.29, 0.717) is 34.0 Å². The first-order valence-corrected chi connectivity index (χ1v) is 16.8. The van der Waals surface area contributed by atoms with Crippen molar-refractivity contribution in [3.05, 3.63) is 102 Å². The number of nitrogens with one attached hydrogen (secondary N) is 4. The van der Waals surface area contributed by atoms with E-state index in [1.54, 1.807) is 61.8 Å². The molecule has 0 saturated carbocycles. The van der Waals surface area contributed by atoms with Gasteiger partial charge in [0, 0.05) is 29.9 Å². The molecule has 0 aliphatic carbocycles. The first-order chi connectivity index (χ1) is 24.6. The first kappa shape index (κ1) is 34.7. The lowest BCUT2D eigenvalue weighted by molar-refractivity contribution is -0.131. The summed E-state index contributed by atoms with van der Waals surface area (Å²) < 4.78 is 7.30. The molecule has 0 radical (unpaired) electrons. The van der Waals surface area contributed by atoms with Crippen molar-refractivity contribution in [3.8, 4) is 17.1 Å². The molecular formula is C37H39N9O5. The number of rotatable bonds is 4. The van der Waals surface area contributed by atoms with Gasteiger partial charge >= 0.3 is 0 Å². The van der Waals surface area contributed by atoms with Gasteiger partial charge < -0.3 is 26.0 Å². The lowest BCUT2D eigenvalue weighted by Gasteiger charge is -2.27. The molecule has 4 amide bonds. The lowest BCUT2D eigenvalue weighted by atomic mass is 10.00. The predicted octanol–water partition coefficient (Wildman–Crippen LogP) is 2.76. The van der Waals surface area contributed by atoms with Gasteiger partial charge in [0.15, 0.2) is 5.82 Å². The highest BCUT2D eigenvalue weighted by molar-refractivity contribution is 6.00. The Morgan fingerprint density at radius 1 is 0.922 bits per heavy atom. The van der Waals surface area contributed by atoms with E-state index >= 15 is 0 Å². The van der Waals surface area contributed by atoms with Crippen molar-refractivity contribution in [1.82, 2.24) is 46.0 Å². The maximum Gasteiger partial charge on any atom is 0.252 e. The summed E-state index contributed by atoms with van der Waals surface area (Å²) in [6, 6.07) is 18.7. The molecule has 51 heavy (non-hydrogen) atoms. The maximum atomic E-state index is 14.0. The van der Waals surface area contributed by atoms with Gasteiger partial charge in [-0.2, -0.15) is 5.10 Å². The van der Waals surface area contributed by atoms with Gasteiger partial charge in [0.25, 0.3) is 5.91 Å². The van der Waals surface area contributed by atoms with E-state index in [1.165, 1.54) is 4.68 Å². The van der Waals surface area contributed by atoms with Crippen molar-refractivity contribution >= 4 is 34.7 Å². The van der Waals surface area contributed by atoms with Crippen molar-refractivity contribution in [2.24, 2.45) is 5.92 Å². The molecule has 2 aromatic heterocycles. The summed E-state index contributed by atoms with van der Waals surface area (Å²) >= 11 is 0. The van der Waals surface area contributed by atoms with Gasteiger partial charge in [-0.25, -0.2) is 9.67 Å². The van der Waals surface area contributed by atoms with Crippen molar-refractivity contribution in [3.63, 3.8) is 0 Å². The lowest BCUT2D eigenvalue weighted by Crippen LogP contribution is -2.56. The summed E-state index contributed by atoms with van der Waals surface area (Å²) in [5.41, 5.74) is 2.98. The summed E-state index contributed by atoms with van der Waals surface area (Å²) in [6.45, 7) is 5.69. The second-order valence-corrected chi connectivity index (χ2v) is 12.6. The monoisotopic (exact) mass is 689 g/mol. The number of amides is 4. The van der Waals surface area contributed by atoms with Crippen LogP contribution in [0.5, 0.6) is 5.75 Å². The molecule has 0 saturated heterocycles. The molecule has 4 heterocycles. The zero-order valence-corrected chi connectivity index (χ0v) is 28.5. The molecule has 4 N–H and O–H groups in total. The summed E-state index contributed by atoms with van der Waals surface area (Å²) in [5.74, 6) is -0.768. The number of benzene rings is 3. The van der Waals surface area contributed by atoms with Crippen molar-refractivity contribution in [2.75, 3.05) is 13.2 Å². The average Bonchev–Trinajstić information content (AvgIpc) is 3.56. The summed E-state index contributed by atoms with van der Waals surface area (Å²) in [4.78, 5) is 67.6. The third-order valence-corrected chi connectivity index (χ3v) is 8.43. The van der Waals surface area contributed by atoms with Gasteiger partial charge in [-0.15, -0.1) is 0 Å².